The lowest BCUT2D eigenvalue weighted by molar-refractivity contribution is -0.113. The van der Waals surface area contributed by atoms with Crippen molar-refractivity contribution in [2.75, 3.05) is 11.1 Å². The lowest BCUT2D eigenvalue weighted by Crippen LogP contribution is -2.15. The maximum atomic E-state index is 12.0. The number of carbonyl (C=O) groups is 1. The summed E-state index contributed by atoms with van der Waals surface area (Å²) in [5, 5.41) is 8.29. The third-order valence-electron chi connectivity index (χ3n) is 3.04. The Bertz CT molecular complexity index is 950. The maximum Gasteiger partial charge on any atom is 0.238 e. The van der Waals surface area contributed by atoms with Gasteiger partial charge in [-0.25, -0.2) is 23.5 Å². The van der Waals surface area contributed by atoms with E-state index in [-0.39, 0.29) is 16.6 Å². The molecular formula is C14H13N5O3S2. The van der Waals surface area contributed by atoms with Gasteiger partial charge >= 0.3 is 0 Å². The number of aromatic amines is 1. The molecule has 3 rings (SSSR count). The van der Waals surface area contributed by atoms with Crippen LogP contribution in [-0.4, -0.2) is 35.0 Å². The van der Waals surface area contributed by atoms with Crippen LogP contribution in [-0.2, 0) is 14.8 Å². The lowest BCUT2D eigenvalue weighted by Gasteiger charge is -2.05. The van der Waals surface area contributed by atoms with Crippen molar-refractivity contribution in [1.82, 2.24) is 15.0 Å². The SMILES string of the molecule is NS(=O)(=O)c1ccc(NC(=O)CSc2nc3ncccc3[nH]2)cc1. The number of hydrogen-bond acceptors (Lipinski definition) is 6. The highest BCUT2D eigenvalue weighted by atomic mass is 32.2. The van der Waals surface area contributed by atoms with Crippen LogP contribution >= 0.6 is 11.8 Å². The summed E-state index contributed by atoms with van der Waals surface area (Å²) >= 11 is 1.25. The van der Waals surface area contributed by atoms with E-state index < -0.39 is 10.0 Å². The normalized spacial score (nSPS) is 11.5. The van der Waals surface area contributed by atoms with Crippen LogP contribution in [0.5, 0.6) is 0 Å². The van der Waals surface area contributed by atoms with Gasteiger partial charge in [0.05, 0.1) is 16.2 Å². The Morgan fingerprint density at radius 3 is 2.67 bits per heavy atom. The zero-order chi connectivity index (χ0) is 17.2. The van der Waals surface area contributed by atoms with Crippen molar-refractivity contribution in [1.29, 1.82) is 0 Å². The molecule has 3 aromatic rings. The average Bonchev–Trinajstić information content (AvgIpc) is 2.95. The van der Waals surface area contributed by atoms with E-state index in [9.17, 15) is 13.2 Å². The van der Waals surface area contributed by atoms with E-state index in [1.54, 1.807) is 12.3 Å². The fraction of sp³-hybridized carbons (Fsp3) is 0.0714. The number of fused-ring (bicyclic) bond motifs is 1. The molecule has 24 heavy (non-hydrogen) atoms. The van der Waals surface area contributed by atoms with Gasteiger partial charge in [-0.2, -0.15) is 0 Å². The Morgan fingerprint density at radius 1 is 1.25 bits per heavy atom. The fourth-order valence-corrected chi connectivity index (χ4v) is 3.14. The van der Waals surface area contributed by atoms with E-state index in [0.29, 0.717) is 16.5 Å². The molecule has 2 heterocycles. The van der Waals surface area contributed by atoms with Gasteiger partial charge in [-0.1, -0.05) is 11.8 Å². The van der Waals surface area contributed by atoms with Crippen LogP contribution in [0.3, 0.4) is 0 Å². The van der Waals surface area contributed by atoms with Crippen LogP contribution in [0, 0.1) is 0 Å². The quantitative estimate of drug-likeness (QED) is 0.586. The molecule has 0 saturated heterocycles. The first-order chi connectivity index (χ1) is 11.4. The first-order valence-corrected chi connectivity index (χ1v) is 9.31. The first-order valence-electron chi connectivity index (χ1n) is 6.78. The predicted octanol–water partition coefficient (Wildman–Crippen LogP) is 1.34. The number of sulfonamides is 1. The number of benzene rings is 1. The molecule has 0 saturated carbocycles. The van der Waals surface area contributed by atoms with Crippen molar-refractivity contribution in [2.45, 2.75) is 10.1 Å². The van der Waals surface area contributed by atoms with Gasteiger partial charge in [0.1, 0.15) is 0 Å². The van der Waals surface area contributed by atoms with Crippen LogP contribution in [0.15, 0.2) is 52.6 Å². The number of amides is 1. The molecule has 4 N–H and O–H groups in total. The summed E-state index contributed by atoms with van der Waals surface area (Å²) in [7, 11) is -3.74. The average molecular weight is 363 g/mol. The largest absolute Gasteiger partial charge is 0.332 e. The first kappa shape index (κ1) is 16.4. The van der Waals surface area contributed by atoms with E-state index in [1.165, 1.54) is 36.0 Å². The molecule has 10 heteroatoms. The van der Waals surface area contributed by atoms with Crippen molar-refractivity contribution in [3.63, 3.8) is 0 Å². The standard InChI is InChI=1S/C14H13N5O3S2/c15-24(21,22)10-5-3-9(4-6-10)17-12(20)8-23-14-18-11-2-1-7-16-13(11)19-14/h1-7H,8H2,(H,17,20)(H2,15,21,22)(H,16,18,19). The van der Waals surface area contributed by atoms with Crippen LogP contribution < -0.4 is 10.5 Å². The monoisotopic (exact) mass is 363 g/mol. The molecule has 0 aliphatic rings. The summed E-state index contributed by atoms with van der Waals surface area (Å²) < 4.78 is 22.3. The summed E-state index contributed by atoms with van der Waals surface area (Å²) in [5.41, 5.74) is 1.89. The number of carbonyl (C=O) groups excluding carboxylic acids is 1. The molecule has 0 fully saturated rings. The number of pyridine rings is 1. The Hall–Kier alpha value is -2.43. The van der Waals surface area contributed by atoms with Gasteiger partial charge in [-0.05, 0) is 36.4 Å². The highest BCUT2D eigenvalue weighted by molar-refractivity contribution is 7.99. The Kier molecular flexibility index (Phi) is 4.51. The zero-order valence-electron chi connectivity index (χ0n) is 12.3. The minimum atomic E-state index is -3.74. The molecule has 0 aliphatic carbocycles. The minimum absolute atomic E-state index is 0.00958. The molecule has 0 unspecified atom stereocenters. The van der Waals surface area contributed by atoms with Crippen molar-refractivity contribution in [2.24, 2.45) is 5.14 Å². The number of nitrogens with one attached hydrogen (secondary N) is 2. The second-order valence-corrected chi connectivity index (χ2v) is 7.35. The number of anilines is 1. The van der Waals surface area contributed by atoms with Gasteiger partial charge in [0, 0.05) is 11.9 Å². The Morgan fingerprint density at radius 2 is 2.00 bits per heavy atom. The second-order valence-electron chi connectivity index (χ2n) is 4.82. The van der Waals surface area contributed by atoms with Crippen molar-refractivity contribution in [3.8, 4) is 0 Å². The molecule has 0 radical (unpaired) electrons. The fourth-order valence-electron chi connectivity index (χ4n) is 1.95. The Labute approximate surface area is 141 Å². The van der Waals surface area contributed by atoms with Crippen LogP contribution in [0.1, 0.15) is 0 Å². The molecule has 0 aliphatic heterocycles. The summed E-state index contributed by atoms with van der Waals surface area (Å²) in [6.45, 7) is 0. The van der Waals surface area contributed by atoms with Gasteiger partial charge in [0.15, 0.2) is 10.8 Å². The van der Waals surface area contributed by atoms with Crippen LogP contribution in [0.25, 0.3) is 11.2 Å². The van der Waals surface area contributed by atoms with Gasteiger partial charge < -0.3 is 10.3 Å². The number of rotatable bonds is 5. The molecule has 124 valence electrons. The van der Waals surface area contributed by atoms with Crippen LogP contribution in [0.2, 0.25) is 0 Å². The van der Waals surface area contributed by atoms with Gasteiger partial charge in [-0.15, -0.1) is 0 Å². The molecule has 8 nitrogen and oxygen atoms in total. The second kappa shape index (κ2) is 6.59. The Balaban J connectivity index is 1.59. The number of nitrogens with two attached hydrogens (primary N) is 1. The highest BCUT2D eigenvalue weighted by Crippen LogP contribution is 2.18. The number of primary sulfonamides is 1. The van der Waals surface area contributed by atoms with Crippen molar-refractivity contribution in [3.05, 3.63) is 42.6 Å². The molecule has 1 amide bonds. The summed E-state index contributed by atoms with van der Waals surface area (Å²) in [4.78, 5) is 23.4. The number of aromatic nitrogens is 3. The summed E-state index contributed by atoms with van der Waals surface area (Å²) in [6, 6.07) is 9.28. The van der Waals surface area contributed by atoms with Gasteiger partial charge in [0.2, 0.25) is 15.9 Å². The predicted molar refractivity (Wildman–Crippen MR) is 91.1 cm³/mol. The van der Waals surface area contributed by atoms with E-state index in [4.69, 9.17) is 5.14 Å². The summed E-state index contributed by atoms with van der Waals surface area (Å²) in [5.74, 6) is -0.0895. The number of H-pyrrole nitrogens is 1. The number of imidazole rings is 1. The van der Waals surface area contributed by atoms with E-state index in [2.05, 4.69) is 20.3 Å². The summed E-state index contributed by atoms with van der Waals surface area (Å²) in [6.07, 6.45) is 1.65. The number of hydrogen-bond donors (Lipinski definition) is 3. The molecule has 0 bridgehead atoms. The highest BCUT2D eigenvalue weighted by Gasteiger charge is 2.10. The van der Waals surface area contributed by atoms with Crippen molar-refractivity contribution >= 4 is 44.5 Å². The van der Waals surface area contributed by atoms with E-state index in [1.807, 2.05) is 6.07 Å². The molecule has 1 aromatic carbocycles. The third-order valence-corrected chi connectivity index (χ3v) is 4.84. The third kappa shape index (κ3) is 3.91. The van der Waals surface area contributed by atoms with Crippen molar-refractivity contribution < 1.29 is 13.2 Å². The molecule has 0 atom stereocenters. The van der Waals surface area contributed by atoms with Crippen LogP contribution in [0.4, 0.5) is 5.69 Å². The smallest absolute Gasteiger partial charge is 0.238 e. The zero-order valence-corrected chi connectivity index (χ0v) is 13.9. The lowest BCUT2D eigenvalue weighted by atomic mass is 10.3. The topological polar surface area (TPSA) is 131 Å². The minimum Gasteiger partial charge on any atom is -0.332 e. The number of thioether (sulfide) groups is 1. The van der Waals surface area contributed by atoms with Gasteiger partial charge in [-0.3, -0.25) is 4.79 Å². The maximum absolute atomic E-state index is 12.0. The van der Waals surface area contributed by atoms with Gasteiger partial charge in [0.25, 0.3) is 0 Å². The molecule has 2 aromatic heterocycles. The van der Waals surface area contributed by atoms with E-state index in [0.717, 1.165) is 5.52 Å². The molecule has 0 spiro atoms. The number of nitrogens with zero attached hydrogens (tertiary/aromatic N) is 2. The molecular weight excluding hydrogens is 350 g/mol. The van der Waals surface area contributed by atoms with E-state index >= 15 is 0 Å².